The molecule has 2 unspecified atom stereocenters. The minimum Gasteiger partial charge on any atom is -0.378 e. The van der Waals surface area contributed by atoms with E-state index >= 15 is 0 Å². The lowest BCUT2D eigenvalue weighted by Gasteiger charge is -2.14. The number of hydrogen-bond donors (Lipinski definition) is 2. The van der Waals surface area contributed by atoms with Crippen molar-refractivity contribution in [1.82, 2.24) is 5.32 Å². The molecule has 23 heavy (non-hydrogen) atoms. The molecular weight excluding hydrogens is 293 g/mol. The Kier molecular flexibility index (Phi) is 5.88. The maximum absolute atomic E-state index is 13.9. The molecule has 0 radical (unpaired) electrons. The van der Waals surface area contributed by atoms with Crippen LogP contribution in [0.25, 0.3) is 0 Å². The summed E-state index contributed by atoms with van der Waals surface area (Å²) in [4.78, 5) is 12.0. The molecule has 2 aromatic carbocycles. The van der Waals surface area contributed by atoms with Crippen LogP contribution in [0.3, 0.4) is 0 Å². The minimum atomic E-state index is -1.25. The number of aliphatic hydroxyl groups is 1. The molecule has 0 aliphatic carbocycles. The highest BCUT2D eigenvalue weighted by Gasteiger charge is 2.17. The van der Waals surface area contributed by atoms with Crippen molar-refractivity contribution in [3.8, 4) is 0 Å². The van der Waals surface area contributed by atoms with Gasteiger partial charge in [-0.2, -0.15) is 0 Å². The second kappa shape index (κ2) is 7.88. The molecule has 0 heterocycles. The molecule has 122 valence electrons. The van der Waals surface area contributed by atoms with E-state index in [-0.39, 0.29) is 12.4 Å². The van der Waals surface area contributed by atoms with E-state index in [1.165, 1.54) is 6.07 Å². The molecule has 2 rings (SSSR count). The van der Waals surface area contributed by atoms with Gasteiger partial charge in [-0.1, -0.05) is 56.3 Å². The van der Waals surface area contributed by atoms with Crippen molar-refractivity contribution in [1.29, 1.82) is 0 Å². The summed E-state index contributed by atoms with van der Waals surface area (Å²) in [6, 6.07) is 13.6. The second-order valence-corrected chi connectivity index (χ2v) is 5.69. The van der Waals surface area contributed by atoms with Crippen LogP contribution in [-0.2, 0) is 11.3 Å². The zero-order valence-corrected chi connectivity index (χ0v) is 13.4. The fourth-order valence-corrected chi connectivity index (χ4v) is 2.34. The molecule has 0 aliphatic heterocycles. The zero-order chi connectivity index (χ0) is 16.8. The maximum Gasteiger partial charge on any atom is 0.253 e. The lowest BCUT2D eigenvalue weighted by atomic mass is 9.96. The number of rotatable bonds is 6. The molecule has 2 aromatic rings. The van der Waals surface area contributed by atoms with Gasteiger partial charge in [-0.25, -0.2) is 4.39 Å². The van der Waals surface area contributed by atoms with Crippen molar-refractivity contribution in [2.75, 3.05) is 0 Å². The normalized spacial score (nSPS) is 13.4. The summed E-state index contributed by atoms with van der Waals surface area (Å²) in [7, 11) is 0. The smallest absolute Gasteiger partial charge is 0.253 e. The molecule has 0 aromatic heterocycles. The van der Waals surface area contributed by atoms with Crippen LogP contribution in [0.1, 0.15) is 49.0 Å². The van der Waals surface area contributed by atoms with Gasteiger partial charge in [-0.05, 0) is 29.5 Å². The lowest BCUT2D eigenvalue weighted by Crippen LogP contribution is -2.29. The molecule has 2 atom stereocenters. The van der Waals surface area contributed by atoms with E-state index in [1.54, 1.807) is 36.4 Å². The van der Waals surface area contributed by atoms with Crippen LogP contribution in [0, 0.1) is 5.82 Å². The Morgan fingerprint density at radius 2 is 1.87 bits per heavy atom. The number of amides is 1. The summed E-state index contributed by atoms with van der Waals surface area (Å²) in [6.07, 6.45) is -0.290. The Morgan fingerprint density at radius 1 is 1.17 bits per heavy atom. The van der Waals surface area contributed by atoms with Crippen LogP contribution in [0.2, 0.25) is 0 Å². The zero-order valence-electron chi connectivity index (χ0n) is 13.4. The largest absolute Gasteiger partial charge is 0.378 e. The third-order valence-corrected chi connectivity index (χ3v) is 4.07. The number of hydrogen-bond acceptors (Lipinski definition) is 2. The van der Waals surface area contributed by atoms with Gasteiger partial charge in [0, 0.05) is 12.1 Å². The van der Waals surface area contributed by atoms with Crippen molar-refractivity contribution < 1.29 is 14.3 Å². The van der Waals surface area contributed by atoms with Crippen molar-refractivity contribution >= 4 is 5.91 Å². The molecule has 0 saturated carbocycles. The van der Waals surface area contributed by atoms with E-state index < -0.39 is 12.0 Å². The Balaban J connectivity index is 2.04. The van der Waals surface area contributed by atoms with E-state index in [2.05, 4.69) is 19.2 Å². The highest BCUT2D eigenvalue weighted by atomic mass is 19.1. The van der Waals surface area contributed by atoms with Crippen molar-refractivity contribution in [2.45, 2.75) is 38.8 Å². The van der Waals surface area contributed by atoms with E-state index in [0.717, 1.165) is 12.0 Å². The van der Waals surface area contributed by atoms with Crippen molar-refractivity contribution in [2.24, 2.45) is 0 Å². The van der Waals surface area contributed by atoms with Gasteiger partial charge in [-0.15, -0.1) is 0 Å². The molecular formula is C19H22FNO2. The standard InChI is InChI=1S/C19H22FNO2/c1-3-13(2)15-9-10-17(20)16(11-15)12-21-19(23)18(22)14-7-5-4-6-8-14/h4-11,13,18,22H,3,12H2,1-2H3,(H,21,23). The average molecular weight is 315 g/mol. The van der Waals surface area contributed by atoms with Crippen LogP contribution >= 0.6 is 0 Å². The Labute approximate surface area is 136 Å². The van der Waals surface area contributed by atoms with Gasteiger partial charge in [0.2, 0.25) is 0 Å². The molecule has 0 fully saturated rings. The van der Waals surface area contributed by atoms with Crippen LogP contribution < -0.4 is 5.32 Å². The minimum absolute atomic E-state index is 0.0544. The van der Waals surface area contributed by atoms with Crippen molar-refractivity contribution in [3.63, 3.8) is 0 Å². The first-order chi connectivity index (χ1) is 11.0. The topological polar surface area (TPSA) is 49.3 Å². The average Bonchev–Trinajstić information content (AvgIpc) is 2.60. The van der Waals surface area contributed by atoms with E-state index in [4.69, 9.17) is 0 Å². The summed E-state index contributed by atoms with van der Waals surface area (Å²) in [5.74, 6) is -0.559. The van der Waals surface area contributed by atoms with Gasteiger partial charge in [0.05, 0.1) is 0 Å². The van der Waals surface area contributed by atoms with E-state index in [9.17, 15) is 14.3 Å². The number of nitrogens with one attached hydrogen (secondary N) is 1. The fraction of sp³-hybridized carbons (Fsp3) is 0.316. The van der Waals surface area contributed by atoms with Gasteiger partial charge in [0.1, 0.15) is 5.82 Å². The molecule has 0 bridgehead atoms. The van der Waals surface area contributed by atoms with Gasteiger partial charge in [0.15, 0.2) is 6.10 Å². The molecule has 1 amide bonds. The summed E-state index contributed by atoms with van der Waals surface area (Å²) >= 11 is 0. The third-order valence-electron chi connectivity index (χ3n) is 4.07. The van der Waals surface area contributed by atoms with Gasteiger partial charge < -0.3 is 10.4 Å². The predicted octanol–water partition coefficient (Wildman–Crippen LogP) is 3.69. The Hall–Kier alpha value is -2.20. The number of aliphatic hydroxyl groups excluding tert-OH is 1. The van der Waals surface area contributed by atoms with E-state index in [1.807, 2.05) is 6.07 Å². The van der Waals surface area contributed by atoms with Gasteiger partial charge >= 0.3 is 0 Å². The summed E-state index contributed by atoms with van der Waals surface area (Å²) in [5, 5.41) is 12.6. The van der Waals surface area contributed by atoms with Crippen LogP contribution in [0.15, 0.2) is 48.5 Å². The first-order valence-corrected chi connectivity index (χ1v) is 7.82. The maximum atomic E-state index is 13.9. The molecule has 0 spiro atoms. The quantitative estimate of drug-likeness (QED) is 0.854. The second-order valence-electron chi connectivity index (χ2n) is 5.69. The molecule has 3 nitrogen and oxygen atoms in total. The number of carbonyl (C=O) groups excluding carboxylic acids is 1. The van der Waals surface area contributed by atoms with Gasteiger partial charge in [-0.3, -0.25) is 4.79 Å². The fourth-order valence-electron chi connectivity index (χ4n) is 2.34. The number of halogens is 1. The molecule has 4 heteroatoms. The van der Waals surface area contributed by atoms with Crippen molar-refractivity contribution in [3.05, 3.63) is 71.0 Å². The highest BCUT2D eigenvalue weighted by Crippen LogP contribution is 2.21. The predicted molar refractivity (Wildman–Crippen MR) is 88.4 cm³/mol. The molecule has 0 aliphatic rings. The lowest BCUT2D eigenvalue weighted by molar-refractivity contribution is -0.129. The summed E-state index contributed by atoms with van der Waals surface area (Å²) in [5.41, 5.74) is 1.98. The highest BCUT2D eigenvalue weighted by molar-refractivity contribution is 5.81. The monoisotopic (exact) mass is 315 g/mol. The first kappa shape index (κ1) is 17.2. The SMILES string of the molecule is CCC(C)c1ccc(F)c(CNC(=O)C(O)c2ccccc2)c1. The summed E-state index contributed by atoms with van der Waals surface area (Å²) < 4.78 is 13.9. The van der Waals surface area contributed by atoms with Crippen LogP contribution in [0.4, 0.5) is 4.39 Å². The van der Waals surface area contributed by atoms with Crippen LogP contribution in [0.5, 0.6) is 0 Å². The first-order valence-electron chi connectivity index (χ1n) is 7.82. The molecule has 0 saturated heterocycles. The Bertz CT molecular complexity index is 658. The Morgan fingerprint density at radius 3 is 2.52 bits per heavy atom. The molecule has 2 N–H and O–H groups in total. The van der Waals surface area contributed by atoms with Gasteiger partial charge in [0.25, 0.3) is 5.91 Å². The number of benzene rings is 2. The number of carbonyl (C=O) groups is 1. The van der Waals surface area contributed by atoms with Crippen LogP contribution in [-0.4, -0.2) is 11.0 Å². The summed E-state index contributed by atoms with van der Waals surface area (Å²) in [6.45, 7) is 4.21. The third kappa shape index (κ3) is 4.39. The van der Waals surface area contributed by atoms with E-state index in [0.29, 0.717) is 17.0 Å².